The Kier molecular flexibility index (Phi) is 3.70. The van der Waals surface area contributed by atoms with Gasteiger partial charge >= 0.3 is 0 Å². The van der Waals surface area contributed by atoms with E-state index in [1.807, 2.05) is 11.8 Å². The SMILES string of the molecule is c1ccc(CSc2ccc3c(c2)CCCC3)cc1. The molecule has 0 unspecified atom stereocenters. The highest BCUT2D eigenvalue weighted by Gasteiger charge is 2.09. The zero-order chi connectivity index (χ0) is 12.2. The molecule has 18 heavy (non-hydrogen) atoms. The van der Waals surface area contributed by atoms with Crippen LogP contribution in [0.3, 0.4) is 0 Å². The summed E-state index contributed by atoms with van der Waals surface area (Å²) in [4.78, 5) is 1.42. The van der Waals surface area contributed by atoms with Gasteiger partial charge in [-0.1, -0.05) is 36.4 Å². The van der Waals surface area contributed by atoms with Gasteiger partial charge in [-0.3, -0.25) is 0 Å². The van der Waals surface area contributed by atoms with Crippen molar-refractivity contribution in [3.05, 3.63) is 65.2 Å². The molecule has 0 atom stereocenters. The molecule has 0 aromatic heterocycles. The van der Waals surface area contributed by atoms with E-state index in [1.54, 1.807) is 11.1 Å². The molecule has 3 rings (SSSR count). The maximum atomic E-state index is 2.40. The van der Waals surface area contributed by atoms with E-state index in [0.717, 1.165) is 5.75 Å². The van der Waals surface area contributed by atoms with Crippen molar-refractivity contribution < 1.29 is 0 Å². The molecule has 2 aromatic rings. The Morgan fingerprint density at radius 2 is 1.61 bits per heavy atom. The van der Waals surface area contributed by atoms with Crippen LogP contribution in [0.25, 0.3) is 0 Å². The molecule has 0 fully saturated rings. The lowest BCUT2D eigenvalue weighted by Gasteiger charge is -2.16. The fraction of sp³-hybridized carbons (Fsp3) is 0.294. The number of aryl methyl sites for hydroxylation is 2. The van der Waals surface area contributed by atoms with Crippen LogP contribution in [-0.4, -0.2) is 0 Å². The predicted octanol–water partition coefficient (Wildman–Crippen LogP) is 4.86. The minimum absolute atomic E-state index is 1.07. The summed E-state index contributed by atoms with van der Waals surface area (Å²) in [5.41, 5.74) is 4.56. The van der Waals surface area contributed by atoms with Gasteiger partial charge in [-0.15, -0.1) is 11.8 Å². The Morgan fingerprint density at radius 3 is 2.44 bits per heavy atom. The summed E-state index contributed by atoms with van der Waals surface area (Å²) in [6.07, 6.45) is 5.28. The van der Waals surface area contributed by atoms with Gasteiger partial charge in [0.1, 0.15) is 0 Å². The van der Waals surface area contributed by atoms with Crippen molar-refractivity contribution in [2.45, 2.75) is 36.3 Å². The molecule has 0 heterocycles. The fourth-order valence-corrected chi connectivity index (χ4v) is 3.46. The Balaban J connectivity index is 1.70. The van der Waals surface area contributed by atoms with E-state index >= 15 is 0 Å². The van der Waals surface area contributed by atoms with E-state index < -0.39 is 0 Å². The summed E-state index contributed by atoms with van der Waals surface area (Å²) in [7, 11) is 0. The summed E-state index contributed by atoms with van der Waals surface area (Å²) >= 11 is 1.95. The average Bonchev–Trinajstić information content (AvgIpc) is 2.46. The van der Waals surface area contributed by atoms with Crippen LogP contribution in [0.15, 0.2) is 53.4 Å². The monoisotopic (exact) mass is 254 g/mol. The lowest BCUT2D eigenvalue weighted by atomic mass is 9.92. The fourth-order valence-electron chi connectivity index (χ4n) is 2.54. The van der Waals surface area contributed by atoms with Crippen molar-refractivity contribution in [3.63, 3.8) is 0 Å². The van der Waals surface area contributed by atoms with Gasteiger partial charge in [-0.25, -0.2) is 0 Å². The smallest absolute Gasteiger partial charge is 0.0231 e. The lowest BCUT2D eigenvalue weighted by Crippen LogP contribution is -2.01. The Morgan fingerprint density at radius 1 is 0.833 bits per heavy atom. The predicted molar refractivity (Wildman–Crippen MR) is 79.1 cm³/mol. The lowest BCUT2D eigenvalue weighted by molar-refractivity contribution is 0.683. The topological polar surface area (TPSA) is 0 Å². The second-order valence-corrected chi connectivity index (χ2v) is 5.96. The minimum Gasteiger partial charge on any atom is -0.121 e. The second kappa shape index (κ2) is 5.62. The van der Waals surface area contributed by atoms with Crippen LogP contribution in [0, 0.1) is 0 Å². The number of hydrogen-bond donors (Lipinski definition) is 0. The Labute approximate surface area is 113 Å². The number of benzene rings is 2. The van der Waals surface area contributed by atoms with Crippen LogP contribution in [0.4, 0.5) is 0 Å². The average molecular weight is 254 g/mol. The number of rotatable bonds is 3. The Bertz CT molecular complexity index is 516. The van der Waals surface area contributed by atoms with E-state index in [2.05, 4.69) is 48.5 Å². The molecule has 0 N–H and O–H groups in total. The third kappa shape index (κ3) is 2.78. The van der Waals surface area contributed by atoms with Gasteiger partial charge in [0.2, 0.25) is 0 Å². The molecule has 2 aromatic carbocycles. The van der Waals surface area contributed by atoms with E-state index in [1.165, 1.54) is 36.1 Å². The number of hydrogen-bond acceptors (Lipinski definition) is 1. The van der Waals surface area contributed by atoms with Gasteiger partial charge in [-0.05, 0) is 54.5 Å². The maximum absolute atomic E-state index is 2.40. The molecule has 1 aliphatic carbocycles. The van der Waals surface area contributed by atoms with Gasteiger partial charge < -0.3 is 0 Å². The van der Waals surface area contributed by atoms with Crippen molar-refractivity contribution in [3.8, 4) is 0 Å². The first kappa shape index (κ1) is 11.9. The maximum Gasteiger partial charge on any atom is 0.0231 e. The minimum atomic E-state index is 1.07. The molecular weight excluding hydrogens is 236 g/mol. The van der Waals surface area contributed by atoms with Crippen molar-refractivity contribution in [2.24, 2.45) is 0 Å². The first-order valence-corrected chi connectivity index (χ1v) is 7.69. The number of fused-ring (bicyclic) bond motifs is 1. The Hall–Kier alpha value is -1.21. The van der Waals surface area contributed by atoms with Crippen molar-refractivity contribution in [1.29, 1.82) is 0 Å². The van der Waals surface area contributed by atoms with Crippen LogP contribution >= 0.6 is 11.8 Å². The summed E-state index contributed by atoms with van der Waals surface area (Å²) < 4.78 is 0. The summed E-state index contributed by atoms with van der Waals surface area (Å²) in [5, 5.41) is 0. The van der Waals surface area contributed by atoms with Crippen LogP contribution < -0.4 is 0 Å². The van der Waals surface area contributed by atoms with E-state index in [9.17, 15) is 0 Å². The molecule has 1 heteroatoms. The quantitative estimate of drug-likeness (QED) is 0.705. The third-order valence-corrected chi connectivity index (χ3v) is 4.63. The molecule has 92 valence electrons. The largest absolute Gasteiger partial charge is 0.121 e. The molecule has 0 aliphatic heterocycles. The highest BCUT2D eigenvalue weighted by Crippen LogP contribution is 2.28. The van der Waals surface area contributed by atoms with Crippen LogP contribution in [-0.2, 0) is 18.6 Å². The standard InChI is InChI=1S/C17H18S/c1-2-6-14(7-3-1)13-18-17-11-10-15-8-4-5-9-16(15)12-17/h1-3,6-7,10-12H,4-5,8-9,13H2. The van der Waals surface area contributed by atoms with Gasteiger partial charge in [0.25, 0.3) is 0 Å². The highest BCUT2D eigenvalue weighted by molar-refractivity contribution is 7.98. The highest BCUT2D eigenvalue weighted by atomic mass is 32.2. The first-order chi connectivity index (χ1) is 8.92. The van der Waals surface area contributed by atoms with Gasteiger partial charge in [0, 0.05) is 10.6 Å². The molecular formula is C17H18S. The molecule has 0 saturated carbocycles. The van der Waals surface area contributed by atoms with Crippen LogP contribution in [0.5, 0.6) is 0 Å². The molecule has 1 aliphatic rings. The third-order valence-electron chi connectivity index (χ3n) is 3.57. The van der Waals surface area contributed by atoms with Gasteiger partial charge in [0.15, 0.2) is 0 Å². The summed E-state index contributed by atoms with van der Waals surface area (Å²) in [6.45, 7) is 0. The molecule has 0 nitrogen and oxygen atoms in total. The van der Waals surface area contributed by atoms with Gasteiger partial charge in [-0.2, -0.15) is 0 Å². The molecule has 0 spiro atoms. The zero-order valence-electron chi connectivity index (χ0n) is 10.6. The summed E-state index contributed by atoms with van der Waals surface area (Å²) in [6, 6.07) is 17.7. The van der Waals surface area contributed by atoms with E-state index in [-0.39, 0.29) is 0 Å². The van der Waals surface area contributed by atoms with Gasteiger partial charge in [0.05, 0.1) is 0 Å². The van der Waals surface area contributed by atoms with E-state index in [0.29, 0.717) is 0 Å². The molecule has 0 amide bonds. The zero-order valence-corrected chi connectivity index (χ0v) is 11.4. The molecule has 0 bridgehead atoms. The van der Waals surface area contributed by atoms with Crippen molar-refractivity contribution in [1.82, 2.24) is 0 Å². The van der Waals surface area contributed by atoms with Crippen molar-refractivity contribution in [2.75, 3.05) is 0 Å². The number of thioether (sulfide) groups is 1. The van der Waals surface area contributed by atoms with Crippen molar-refractivity contribution >= 4 is 11.8 Å². The summed E-state index contributed by atoms with van der Waals surface area (Å²) in [5.74, 6) is 1.07. The van der Waals surface area contributed by atoms with Crippen LogP contribution in [0.2, 0.25) is 0 Å². The first-order valence-electron chi connectivity index (χ1n) is 6.70. The molecule has 0 radical (unpaired) electrons. The second-order valence-electron chi connectivity index (χ2n) is 4.91. The van der Waals surface area contributed by atoms with Crippen LogP contribution in [0.1, 0.15) is 29.5 Å². The molecule has 0 saturated heterocycles. The normalized spacial score (nSPS) is 14.2. The van der Waals surface area contributed by atoms with E-state index in [4.69, 9.17) is 0 Å².